The van der Waals surface area contributed by atoms with E-state index >= 15 is 0 Å². The van der Waals surface area contributed by atoms with Crippen LogP contribution < -0.4 is 5.32 Å². The van der Waals surface area contributed by atoms with Crippen molar-refractivity contribution in [2.45, 2.75) is 32.2 Å². The second-order valence-electron chi connectivity index (χ2n) is 6.17. The van der Waals surface area contributed by atoms with Crippen LogP contribution in [0.25, 0.3) is 0 Å². The highest BCUT2D eigenvalue weighted by Gasteiger charge is 2.44. The van der Waals surface area contributed by atoms with Gasteiger partial charge in [0.2, 0.25) is 5.91 Å². The molecule has 0 saturated carbocycles. The number of amides is 1. The number of hydrogen-bond acceptors (Lipinski definition) is 3. The summed E-state index contributed by atoms with van der Waals surface area (Å²) < 4.78 is 0. The Morgan fingerprint density at radius 2 is 1.86 bits per heavy atom. The molecule has 0 aromatic heterocycles. The van der Waals surface area contributed by atoms with E-state index in [1.807, 2.05) is 29.2 Å². The number of rotatable bonds is 2. The number of nitrogens with zero attached hydrogens (tertiary/aromatic N) is 2. The molecule has 2 fully saturated rings. The number of carbonyl (C=O) groups excluding carboxylic acids is 1. The van der Waals surface area contributed by atoms with E-state index in [0.717, 1.165) is 50.9 Å². The molecule has 3 rings (SSSR count). The molecule has 0 aliphatic carbocycles. The maximum absolute atomic E-state index is 12.9. The van der Waals surface area contributed by atoms with Crippen molar-refractivity contribution in [2.24, 2.45) is 5.41 Å². The molecule has 4 nitrogen and oxygen atoms in total. The summed E-state index contributed by atoms with van der Waals surface area (Å²) in [6.07, 6.45) is 4.07. The van der Waals surface area contributed by atoms with E-state index in [1.165, 1.54) is 0 Å². The number of nitrogens with one attached hydrogen (secondary N) is 1. The van der Waals surface area contributed by atoms with Crippen molar-refractivity contribution >= 4 is 18.3 Å². The molecule has 1 N–H and O–H groups in total. The Labute approximate surface area is 137 Å². The lowest BCUT2D eigenvalue weighted by molar-refractivity contribution is -0.149. The number of piperidine rings is 2. The largest absolute Gasteiger partial charge is 0.338 e. The Kier molecular flexibility index (Phi) is 5.44. The standard InChI is InChI=1S/C17H21N3O.ClH/c18-12-14-2-4-15(5-3-14)13-20-11-1-6-17(16(20)21)7-9-19-10-8-17;/h2-5,19H,1,6-11,13H2;1H. The zero-order chi connectivity index (χ0) is 14.7. The van der Waals surface area contributed by atoms with Gasteiger partial charge in [0.05, 0.1) is 17.0 Å². The van der Waals surface area contributed by atoms with Gasteiger partial charge in [0.1, 0.15) is 0 Å². The zero-order valence-electron chi connectivity index (χ0n) is 12.7. The Morgan fingerprint density at radius 1 is 1.18 bits per heavy atom. The van der Waals surface area contributed by atoms with Crippen LogP contribution in [0, 0.1) is 16.7 Å². The summed E-state index contributed by atoms with van der Waals surface area (Å²) in [4.78, 5) is 14.9. The average molecular weight is 320 g/mol. The fraction of sp³-hybridized carbons (Fsp3) is 0.529. The van der Waals surface area contributed by atoms with Crippen LogP contribution in [0.4, 0.5) is 0 Å². The van der Waals surface area contributed by atoms with E-state index in [4.69, 9.17) is 5.26 Å². The molecule has 1 aromatic rings. The number of halogens is 1. The number of nitriles is 1. The lowest BCUT2D eigenvalue weighted by atomic mass is 9.72. The van der Waals surface area contributed by atoms with Crippen LogP contribution in [0.5, 0.6) is 0 Å². The molecule has 0 unspecified atom stereocenters. The van der Waals surface area contributed by atoms with E-state index in [9.17, 15) is 4.79 Å². The van der Waals surface area contributed by atoms with Crippen LogP contribution in [-0.4, -0.2) is 30.4 Å². The second-order valence-corrected chi connectivity index (χ2v) is 6.17. The monoisotopic (exact) mass is 319 g/mol. The van der Waals surface area contributed by atoms with Gasteiger partial charge in [-0.05, 0) is 56.5 Å². The molecular weight excluding hydrogens is 298 g/mol. The van der Waals surface area contributed by atoms with Crippen molar-refractivity contribution < 1.29 is 4.79 Å². The predicted octanol–water partition coefficient (Wildman–Crippen LogP) is 2.47. The minimum Gasteiger partial charge on any atom is -0.338 e. The molecule has 0 atom stereocenters. The highest BCUT2D eigenvalue weighted by Crippen LogP contribution is 2.39. The fourth-order valence-electron chi connectivity index (χ4n) is 3.58. The van der Waals surface area contributed by atoms with Crippen LogP contribution in [0.2, 0.25) is 0 Å². The van der Waals surface area contributed by atoms with Crippen LogP contribution in [0.1, 0.15) is 36.8 Å². The first-order chi connectivity index (χ1) is 10.2. The first kappa shape index (κ1) is 16.8. The second kappa shape index (κ2) is 7.13. The Morgan fingerprint density at radius 3 is 2.50 bits per heavy atom. The molecule has 5 heteroatoms. The topological polar surface area (TPSA) is 56.1 Å². The lowest BCUT2D eigenvalue weighted by Crippen LogP contribution is -2.52. The quantitative estimate of drug-likeness (QED) is 0.911. The third-order valence-electron chi connectivity index (χ3n) is 4.84. The SMILES string of the molecule is Cl.N#Cc1ccc(CN2CCCC3(CCNCC3)C2=O)cc1. The highest BCUT2D eigenvalue weighted by molar-refractivity contribution is 5.85. The van der Waals surface area contributed by atoms with Crippen LogP contribution in [0.15, 0.2) is 24.3 Å². The van der Waals surface area contributed by atoms with Gasteiger partial charge in [-0.2, -0.15) is 5.26 Å². The third-order valence-corrected chi connectivity index (χ3v) is 4.84. The lowest BCUT2D eigenvalue weighted by Gasteiger charge is -2.44. The van der Waals surface area contributed by atoms with E-state index in [-0.39, 0.29) is 17.8 Å². The summed E-state index contributed by atoms with van der Waals surface area (Å²) in [5, 5.41) is 12.2. The zero-order valence-corrected chi connectivity index (χ0v) is 13.5. The number of hydrogen-bond donors (Lipinski definition) is 1. The molecule has 1 spiro atoms. The van der Waals surface area contributed by atoms with Gasteiger partial charge in [0, 0.05) is 13.1 Å². The molecule has 2 heterocycles. The molecule has 118 valence electrons. The molecular formula is C17H22ClN3O. The third kappa shape index (κ3) is 3.26. The smallest absolute Gasteiger partial charge is 0.229 e. The van der Waals surface area contributed by atoms with Gasteiger partial charge in [-0.25, -0.2) is 0 Å². The van der Waals surface area contributed by atoms with E-state index in [2.05, 4.69) is 11.4 Å². The average Bonchev–Trinajstić information content (AvgIpc) is 2.54. The van der Waals surface area contributed by atoms with Gasteiger partial charge in [-0.3, -0.25) is 4.79 Å². The number of carbonyl (C=O) groups is 1. The maximum Gasteiger partial charge on any atom is 0.229 e. The van der Waals surface area contributed by atoms with Crippen molar-refractivity contribution in [3.63, 3.8) is 0 Å². The van der Waals surface area contributed by atoms with E-state index in [1.54, 1.807) is 0 Å². The minimum absolute atomic E-state index is 0. The van der Waals surface area contributed by atoms with Gasteiger partial charge in [-0.15, -0.1) is 12.4 Å². The summed E-state index contributed by atoms with van der Waals surface area (Å²) in [7, 11) is 0. The molecule has 22 heavy (non-hydrogen) atoms. The highest BCUT2D eigenvalue weighted by atomic mass is 35.5. The maximum atomic E-state index is 12.9. The number of likely N-dealkylation sites (tertiary alicyclic amines) is 1. The molecule has 0 radical (unpaired) electrons. The van der Waals surface area contributed by atoms with Gasteiger partial charge in [0.25, 0.3) is 0 Å². The fourth-order valence-corrected chi connectivity index (χ4v) is 3.58. The first-order valence-corrected chi connectivity index (χ1v) is 7.73. The van der Waals surface area contributed by atoms with Gasteiger partial charge >= 0.3 is 0 Å². The Hall–Kier alpha value is -1.57. The van der Waals surface area contributed by atoms with Crippen molar-refractivity contribution in [3.05, 3.63) is 35.4 Å². The van der Waals surface area contributed by atoms with Gasteiger partial charge in [-0.1, -0.05) is 12.1 Å². The van der Waals surface area contributed by atoms with Crippen molar-refractivity contribution in [1.29, 1.82) is 5.26 Å². The summed E-state index contributed by atoms with van der Waals surface area (Å²) in [5.74, 6) is 0.333. The predicted molar refractivity (Wildman–Crippen MR) is 87.6 cm³/mol. The van der Waals surface area contributed by atoms with Crippen LogP contribution in [-0.2, 0) is 11.3 Å². The van der Waals surface area contributed by atoms with Crippen LogP contribution >= 0.6 is 12.4 Å². The van der Waals surface area contributed by atoms with E-state index < -0.39 is 0 Å². The molecule has 1 aromatic carbocycles. The normalized spacial score (nSPS) is 20.3. The molecule has 2 aliphatic heterocycles. The van der Waals surface area contributed by atoms with Gasteiger partial charge in [0.15, 0.2) is 0 Å². The summed E-state index contributed by atoms with van der Waals surface area (Å²) in [6, 6.07) is 9.68. The first-order valence-electron chi connectivity index (χ1n) is 7.73. The minimum atomic E-state index is -0.115. The van der Waals surface area contributed by atoms with Crippen LogP contribution in [0.3, 0.4) is 0 Å². The van der Waals surface area contributed by atoms with Crippen molar-refractivity contribution in [1.82, 2.24) is 10.2 Å². The molecule has 2 saturated heterocycles. The Balaban J connectivity index is 0.00000176. The van der Waals surface area contributed by atoms with Crippen molar-refractivity contribution in [3.8, 4) is 6.07 Å². The van der Waals surface area contributed by atoms with Gasteiger partial charge < -0.3 is 10.2 Å². The molecule has 0 bridgehead atoms. The van der Waals surface area contributed by atoms with Crippen molar-refractivity contribution in [2.75, 3.05) is 19.6 Å². The molecule has 1 amide bonds. The number of benzene rings is 1. The summed E-state index contributed by atoms with van der Waals surface area (Å²) in [5.41, 5.74) is 1.66. The Bertz CT molecular complexity index is 553. The summed E-state index contributed by atoms with van der Waals surface area (Å²) in [6.45, 7) is 3.43. The van der Waals surface area contributed by atoms with E-state index in [0.29, 0.717) is 18.0 Å². The molecule has 2 aliphatic rings. The summed E-state index contributed by atoms with van der Waals surface area (Å²) >= 11 is 0.